The maximum absolute atomic E-state index is 12.8. The minimum absolute atomic E-state index is 0.165. The number of carbonyl (C=O) groups excluding carboxylic acids is 1. The molecule has 4 nitrogen and oxygen atoms in total. The summed E-state index contributed by atoms with van der Waals surface area (Å²) in [6.07, 6.45) is 1.11. The van der Waals surface area contributed by atoms with Crippen molar-refractivity contribution in [2.75, 3.05) is 12.3 Å². The van der Waals surface area contributed by atoms with E-state index in [1.54, 1.807) is 12.1 Å². The number of halogens is 2. The lowest BCUT2D eigenvalue weighted by Gasteiger charge is -2.11. The highest BCUT2D eigenvalue weighted by molar-refractivity contribution is 7.99. The number of thioether (sulfide) groups is 1. The number of hydrazine groups is 1. The zero-order valence-corrected chi connectivity index (χ0v) is 16.3. The van der Waals surface area contributed by atoms with Crippen LogP contribution in [0.1, 0.15) is 12.0 Å². The summed E-state index contributed by atoms with van der Waals surface area (Å²) in [5.41, 5.74) is 6.37. The van der Waals surface area contributed by atoms with Gasteiger partial charge in [-0.1, -0.05) is 23.7 Å². The molecule has 2 aromatic rings. The number of nitrogens with one attached hydrogen (secondary N) is 3. The molecular formula is C18H19ClFN3OS2. The fourth-order valence-corrected chi connectivity index (χ4v) is 3.13. The van der Waals surface area contributed by atoms with E-state index in [1.807, 2.05) is 24.3 Å². The molecule has 1 amide bonds. The summed E-state index contributed by atoms with van der Waals surface area (Å²) in [7, 11) is 0. The molecule has 0 atom stereocenters. The summed E-state index contributed by atoms with van der Waals surface area (Å²) in [6.45, 7) is 0.643. The van der Waals surface area contributed by atoms with E-state index in [2.05, 4.69) is 16.2 Å². The predicted molar refractivity (Wildman–Crippen MR) is 109 cm³/mol. The van der Waals surface area contributed by atoms with Crippen LogP contribution < -0.4 is 16.2 Å². The molecule has 0 saturated heterocycles. The summed E-state index contributed by atoms with van der Waals surface area (Å²) in [4.78, 5) is 12.7. The third-order valence-electron chi connectivity index (χ3n) is 3.34. The van der Waals surface area contributed by atoms with Crippen LogP contribution >= 0.6 is 35.6 Å². The maximum Gasteiger partial charge on any atom is 0.239 e. The van der Waals surface area contributed by atoms with Gasteiger partial charge < -0.3 is 5.32 Å². The van der Waals surface area contributed by atoms with Gasteiger partial charge in [-0.25, -0.2) is 4.39 Å². The van der Waals surface area contributed by atoms with Crippen molar-refractivity contribution in [3.05, 3.63) is 64.9 Å². The molecule has 2 aromatic carbocycles. The molecule has 0 aromatic heterocycles. The summed E-state index contributed by atoms with van der Waals surface area (Å²) < 4.78 is 12.8. The highest BCUT2D eigenvalue weighted by atomic mass is 35.5. The summed E-state index contributed by atoms with van der Waals surface area (Å²) in [5, 5.41) is 4.09. The van der Waals surface area contributed by atoms with Crippen LogP contribution in [0.5, 0.6) is 0 Å². The van der Waals surface area contributed by atoms with E-state index >= 15 is 0 Å². The molecule has 0 bridgehead atoms. The van der Waals surface area contributed by atoms with Gasteiger partial charge in [0.25, 0.3) is 0 Å². The molecule has 0 heterocycles. The van der Waals surface area contributed by atoms with Crippen molar-refractivity contribution in [1.29, 1.82) is 0 Å². The second-order valence-corrected chi connectivity index (χ2v) is 7.37. The van der Waals surface area contributed by atoms with Crippen LogP contribution in [0.4, 0.5) is 4.39 Å². The van der Waals surface area contributed by atoms with Gasteiger partial charge in [-0.2, -0.15) is 0 Å². The lowest BCUT2D eigenvalue weighted by molar-refractivity contribution is -0.121. The lowest BCUT2D eigenvalue weighted by atomic mass is 10.1. The van der Waals surface area contributed by atoms with Gasteiger partial charge in [0, 0.05) is 28.6 Å². The Hall–Kier alpha value is -1.83. The second-order valence-electron chi connectivity index (χ2n) is 5.36. The van der Waals surface area contributed by atoms with Crippen LogP contribution in [0.25, 0.3) is 0 Å². The first kappa shape index (κ1) is 20.5. The van der Waals surface area contributed by atoms with Gasteiger partial charge in [-0.3, -0.25) is 15.6 Å². The SMILES string of the molecule is O=C(CCSc1ccc(F)cc1)NNC(=S)NCCc1ccc(Cl)cc1. The molecule has 0 unspecified atom stereocenters. The van der Waals surface area contributed by atoms with E-state index in [0.29, 0.717) is 28.9 Å². The van der Waals surface area contributed by atoms with Crippen LogP contribution in [0.15, 0.2) is 53.4 Å². The molecule has 3 N–H and O–H groups in total. The number of rotatable bonds is 7. The molecular weight excluding hydrogens is 393 g/mol. The van der Waals surface area contributed by atoms with E-state index in [1.165, 1.54) is 23.9 Å². The molecule has 0 aliphatic rings. The van der Waals surface area contributed by atoms with Crippen LogP contribution in [0, 0.1) is 5.82 Å². The number of hydrogen-bond acceptors (Lipinski definition) is 3. The first-order valence-corrected chi connectivity index (χ1v) is 9.75. The first-order valence-electron chi connectivity index (χ1n) is 7.98. The molecule has 8 heteroatoms. The molecule has 0 fully saturated rings. The third kappa shape index (κ3) is 8.03. The Bertz CT molecular complexity index is 663. The number of hydrogen-bond donors (Lipinski definition) is 3. The van der Waals surface area contributed by atoms with Gasteiger partial charge in [0.1, 0.15) is 5.82 Å². The Labute approximate surface area is 166 Å². The van der Waals surface area contributed by atoms with Gasteiger partial charge in [-0.05, 0) is 60.6 Å². The topological polar surface area (TPSA) is 53.2 Å². The standard InChI is InChI=1S/C18H19ClFN3OS2/c19-14-3-1-13(2-4-14)9-11-21-18(25)23-22-17(24)10-12-26-16-7-5-15(20)6-8-16/h1-8H,9-12H2,(H,22,24)(H2,21,23,25). The number of carbonyl (C=O) groups is 1. The summed E-state index contributed by atoms with van der Waals surface area (Å²) in [6, 6.07) is 13.8. The largest absolute Gasteiger partial charge is 0.361 e. The van der Waals surface area contributed by atoms with Gasteiger partial charge in [0.05, 0.1) is 0 Å². The summed E-state index contributed by atoms with van der Waals surface area (Å²) in [5.74, 6) is 0.158. The molecule has 26 heavy (non-hydrogen) atoms. The Morgan fingerprint density at radius 2 is 1.77 bits per heavy atom. The number of amides is 1. The van der Waals surface area contributed by atoms with E-state index in [-0.39, 0.29) is 11.7 Å². The lowest BCUT2D eigenvalue weighted by Crippen LogP contribution is -2.47. The van der Waals surface area contributed by atoms with Crippen LogP contribution in [0.2, 0.25) is 5.02 Å². The van der Waals surface area contributed by atoms with Crippen molar-refractivity contribution in [2.24, 2.45) is 0 Å². The first-order chi connectivity index (χ1) is 12.5. The zero-order valence-electron chi connectivity index (χ0n) is 13.9. The normalized spacial score (nSPS) is 10.2. The van der Waals surface area contributed by atoms with Gasteiger partial charge in [-0.15, -0.1) is 11.8 Å². The monoisotopic (exact) mass is 411 g/mol. The fourth-order valence-electron chi connectivity index (χ4n) is 2.00. The molecule has 0 aliphatic carbocycles. The number of thiocarbonyl (C=S) groups is 1. The van der Waals surface area contributed by atoms with Crippen molar-refractivity contribution in [3.8, 4) is 0 Å². The van der Waals surface area contributed by atoms with Gasteiger partial charge in [0.15, 0.2) is 5.11 Å². The maximum atomic E-state index is 12.8. The fraction of sp³-hybridized carbons (Fsp3) is 0.222. The van der Waals surface area contributed by atoms with Crippen LogP contribution in [0.3, 0.4) is 0 Å². The number of benzene rings is 2. The van der Waals surface area contributed by atoms with E-state index < -0.39 is 0 Å². The van der Waals surface area contributed by atoms with E-state index in [9.17, 15) is 9.18 Å². The third-order valence-corrected chi connectivity index (χ3v) is 4.85. The van der Waals surface area contributed by atoms with Crippen molar-refractivity contribution >= 4 is 46.6 Å². The van der Waals surface area contributed by atoms with E-state index in [4.69, 9.17) is 23.8 Å². The predicted octanol–water partition coefficient (Wildman–Crippen LogP) is 3.70. The molecule has 0 spiro atoms. The van der Waals surface area contributed by atoms with Crippen molar-refractivity contribution in [2.45, 2.75) is 17.7 Å². The Balaban J connectivity index is 1.55. The van der Waals surface area contributed by atoms with Crippen molar-refractivity contribution in [1.82, 2.24) is 16.2 Å². The Morgan fingerprint density at radius 1 is 1.08 bits per heavy atom. The van der Waals surface area contributed by atoms with E-state index in [0.717, 1.165) is 16.9 Å². The highest BCUT2D eigenvalue weighted by Crippen LogP contribution is 2.18. The second kappa shape index (κ2) is 11.0. The minimum Gasteiger partial charge on any atom is -0.361 e. The summed E-state index contributed by atoms with van der Waals surface area (Å²) >= 11 is 12.4. The van der Waals surface area contributed by atoms with Crippen molar-refractivity contribution in [3.63, 3.8) is 0 Å². The molecule has 0 aliphatic heterocycles. The Kier molecular flexibility index (Phi) is 8.67. The minimum atomic E-state index is -0.270. The zero-order chi connectivity index (χ0) is 18.8. The molecule has 138 valence electrons. The quantitative estimate of drug-likeness (QED) is 0.368. The van der Waals surface area contributed by atoms with Crippen LogP contribution in [-0.4, -0.2) is 23.3 Å². The van der Waals surface area contributed by atoms with Crippen molar-refractivity contribution < 1.29 is 9.18 Å². The average molecular weight is 412 g/mol. The van der Waals surface area contributed by atoms with Gasteiger partial charge in [0.2, 0.25) is 5.91 Å². The Morgan fingerprint density at radius 3 is 2.46 bits per heavy atom. The average Bonchev–Trinajstić information content (AvgIpc) is 2.63. The highest BCUT2D eigenvalue weighted by Gasteiger charge is 2.03. The van der Waals surface area contributed by atoms with Crippen LogP contribution in [-0.2, 0) is 11.2 Å². The molecule has 0 radical (unpaired) electrons. The smallest absolute Gasteiger partial charge is 0.239 e. The molecule has 2 rings (SSSR count). The molecule has 0 saturated carbocycles. The van der Waals surface area contributed by atoms with Gasteiger partial charge >= 0.3 is 0 Å².